The molecule has 5 nitrogen and oxygen atoms in total. The highest BCUT2D eigenvalue weighted by molar-refractivity contribution is 5.39. The molecule has 0 bridgehead atoms. The summed E-state index contributed by atoms with van der Waals surface area (Å²) in [5, 5.41) is 3.28. The van der Waals surface area contributed by atoms with Crippen LogP contribution in [0, 0.1) is 0 Å². The first-order valence-corrected chi connectivity index (χ1v) is 8.46. The topological polar surface area (TPSA) is 76.7 Å². The molecule has 0 fully saturated rings. The van der Waals surface area contributed by atoms with E-state index in [4.69, 9.17) is 5.73 Å². The predicted octanol–water partition coefficient (Wildman–Crippen LogP) is 3.79. The van der Waals surface area contributed by atoms with Crippen molar-refractivity contribution in [2.24, 2.45) is 0 Å². The number of anilines is 2. The van der Waals surface area contributed by atoms with E-state index in [1.807, 2.05) is 97.2 Å². The summed E-state index contributed by atoms with van der Waals surface area (Å²) in [6.45, 7) is 0. The number of nitrogen functional groups attached to an aromatic ring is 1. The normalized spacial score (nSPS) is 21.5. The van der Waals surface area contributed by atoms with Crippen LogP contribution in [-0.4, -0.2) is 21.0 Å². The van der Waals surface area contributed by atoms with Gasteiger partial charge in [-0.2, -0.15) is 15.0 Å². The maximum Gasteiger partial charge on any atom is 0.228 e. The Labute approximate surface area is 153 Å². The van der Waals surface area contributed by atoms with Gasteiger partial charge in [0.2, 0.25) is 11.9 Å². The molecule has 2 aliphatic rings. The van der Waals surface area contributed by atoms with Crippen LogP contribution in [0.2, 0.25) is 0 Å². The number of nitrogens with one attached hydrogen (secondary N) is 1. The van der Waals surface area contributed by atoms with Gasteiger partial charge in [-0.25, -0.2) is 0 Å². The molecule has 0 aromatic carbocycles. The van der Waals surface area contributed by atoms with Gasteiger partial charge in [0.15, 0.2) is 0 Å². The van der Waals surface area contributed by atoms with Crippen molar-refractivity contribution < 1.29 is 0 Å². The Morgan fingerprint density at radius 3 is 1.69 bits per heavy atom. The fourth-order valence-electron chi connectivity index (χ4n) is 2.42. The molecule has 1 aromatic heterocycles. The first kappa shape index (κ1) is 17.4. The average molecular weight is 343 g/mol. The van der Waals surface area contributed by atoms with Crippen LogP contribution < -0.4 is 11.1 Å². The number of allylic oxidation sites excluding steroid dienone is 14. The molecule has 0 saturated heterocycles. The smallest absolute Gasteiger partial charge is 0.228 e. The minimum Gasteiger partial charge on any atom is -0.368 e. The minimum absolute atomic E-state index is 0.0467. The second kappa shape index (κ2) is 9.13. The predicted molar refractivity (Wildman–Crippen MR) is 108 cm³/mol. The molecule has 0 radical (unpaired) electrons. The van der Waals surface area contributed by atoms with E-state index in [0.717, 1.165) is 0 Å². The van der Waals surface area contributed by atoms with Crippen LogP contribution in [0.1, 0.15) is 11.7 Å². The molecule has 0 atom stereocenters. The number of nitrogens with two attached hydrogens (primary N) is 1. The van der Waals surface area contributed by atoms with Gasteiger partial charge in [-0.05, 0) is 0 Å². The molecule has 130 valence electrons. The first-order valence-electron chi connectivity index (χ1n) is 8.46. The van der Waals surface area contributed by atoms with E-state index in [2.05, 4.69) is 20.3 Å². The molecule has 26 heavy (non-hydrogen) atoms. The maximum absolute atomic E-state index is 5.92. The van der Waals surface area contributed by atoms with E-state index in [9.17, 15) is 0 Å². The molecule has 0 amide bonds. The van der Waals surface area contributed by atoms with E-state index in [-0.39, 0.29) is 17.9 Å². The summed E-state index contributed by atoms with van der Waals surface area (Å²) in [6.07, 6.45) is 31.8. The van der Waals surface area contributed by atoms with Crippen LogP contribution in [-0.2, 0) is 0 Å². The third kappa shape index (κ3) is 5.27. The van der Waals surface area contributed by atoms with E-state index < -0.39 is 0 Å². The van der Waals surface area contributed by atoms with E-state index >= 15 is 0 Å². The lowest BCUT2D eigenvalue weighted by atomic mass is 10.1. The molecule has 0 saturated carbocycles. The van der Waals surface area contributed by atoms with Crippen molar-refractivity contribution in [3.8, 4) is 0 Å². The van der Waals surface area contributed by atoms with Crippen molar-refractivity contribution in [2.45, 2.75) is 12.0 Å². The Balaban J connectivity index is 1.85. The van der Waals surface area contributed by atoms with Crippen LogP contribution in [0.4, 0.5) is 11.9 Å². The van der Waals surface area contributed by atoms with Gasteiger partial charge >= 0.3 is 0 Å². The molecular formula is C21H21N5. The molecule has 3 N–H and O–H groups in total. The second-order valence-electron chi connectivity index (χ2n) is 5.65. The van der Waals surface area contributed by atoms with E-state index in [1.165, 1.54) is 0 Å². The first-order chi connectivity index (χ1) is 12.8. The van der Waals surface area contributed by atoms with Gasteiger partial charge in [-0.1, -0.05) is 97.2 Å². The zero-order valence-electron chi connectivity index (χ0n) is 14.3. The van der Waals surface area contributed by atoms with Crippen LogP contribution >= 0.6 is 0 Å². The van der Waals surface area contributed by atoms with Crippen molar-refractivity contribution in [3.05, 3.63) is 103 Å². The zero-order chi connectivity index (χ0) is 18.0. The lowest BCUT2D eigenvalue weighted by molar-refractivity contribution is 0.872. The Morgan fingerprint density at radius 1 is 0.615 bits per heavy atom. The lowest BCUT2D eigenvalue weighted by Crippen LogP contribution is -2.18. The lowest BCUT2D eigenvalue weighted by Gasteiger charge is -2.13. The van der Waals surface area contributed by atoms with Crippen molar-refractivity contribution in [2.75, 3.05) is 11.1 Å². The molecule has 0 aliphatic heterocycles. The highest BCUT2D eigenvalue weighted by atomic mass is 15.2. The molecule has 0 spiro atoms. The van der Waals surface area contributed by atoms with Gasteiger partial charge < -0.3 is 11.1 Å². The summed E-state index contributed by atoms with van der Waals surface area (Å²) < 4.78 is 0. The SMILES string of the molecule is Nc1nc(NC2C=CC=CC=CC=C2)nc(C2C=CC=CC=CC=C2)n1. The fourth-order valence-corrected chi connectivity index (χ4v) is 2.42. The van der Waals surface area contributed by atoms with Crippen LogP contribution in [0.25, 0.3) is 0 Å². The Morgan fingerprint density at radius 2 is 1.12 bits per heavy atom. The highest BCUT2D eigenvalue weighted by Crippen LogP contribution is 2.18. The molecule has 3 rings (SSSR count). The number of nitrogens with zero attached hydrogens (tertiary/aromatic N) is 3. The number of hydrogen-bond donors (Lipinski definition) is 2. The third-order valence-corrected chi connectivity index (χ3v) is 3.65. The highest BCUT2D eigenvalue weighted by Gasteiger charge is 2.13. The Kier molecular flexibility index (Phi) is 6.09. The Bertz CT molecular complexity index is 809. The Hall–Kier alpha value is -3.47. The molecule has 1 aromatic rings. The summed E-state index contributed by atoms with van der Waals surface area (Å²) in [5.41, 5.74) is 5.92. The molecule has 0 unspecified atom stereocenters. The van der Waals surface area contributed by atoms with Crippen molar-refractivity contribution >= 4 is 11.9 Å². The average Bonchev–Trinajstić information content (AvgIpc) is 2.84. The summed E-state index contributed by atoms with van der Waals surface area (Å²) in [4.78, 5) is 13.1. The van der Waals surface area contributed by atoms with Gasteiger partial charge in [-0.3, -0.25) is 0 Å². The van der Waals surface area contributed by atoms with E-state index in [0.29, 0.717) is 11.8 Å². The van der Waals surface area contributed by atoms with Gasteiger partial charge in [0, 0.05) is 0 Å². The maximum atomic E-state index is 5.92. The molecule has 1 heterocycles. The molecule has 2 aliphatic carbocycles. The van der Waals surface area contributed by atoms with E-state index in [1.54, 1.807) is 0 Å². The van der Waals surface area contributed by atoms with Gasteiger partial charge in [0.25, 0.3) is 0 Å². The summed E-state index contributed by atoms with van der Waals surface area (Å²) in [6, 6.07) is -0.0467. The van der Waals surface area contributed by atoms with Gasteiger partial charge in [0.05, 0.1) is 12.0 Å². The quantitative estimate of drug-likeness (QED) is 0.873. The van der Waals surface area contributed by atoms with Crippen molar-refractivity contribution in [1.82, 2.24) is 15.0 Å². The number of hydrogen-bond acceptors (Lipinski definition) is 5. The molecule has 5 heteroatoms. The minimum atomic E-state index is -0.0780. The zero-order valence-corrected chi connectivity index (χ0v) is 14.3. The monoisotopic (exact) mass is 343 g/mol. The second-order valence-corrected chi connectivity index (χ2v) is 5.65. The number of aromatic nitrogens is 3. The van der Waals surface area contributed by atoms with Gasteiger partial charge in [-0.15, -0.1) is 0 Å². The van der Waals surface area contributed by atoms with Crippen LogP contribution in [0.15, 0.2) is 97.2 Å². The largest absolute Gasteiger partial charge is 0.368 e. The summed E-state index contributed by atoms with van der Waals surface area (Å²) in [5.74, 6) is 1.17. The van der Waals surface area contributed by atoms with Crippen LogP contribution in [0.3, 0.4) is 0 Å². The summed E-state index contributed by atoms with van der Waals surface area (Å²) in [7, 11) is 0. The summed E-state index contributed by atoms with van der Waals surface area (Å²) >= 11 is 0. The van der Waals surface area contributed by atoms with Crippen molar-refractivity contribution in [1.29, 1.82) is 0 Å². The standard InChI is InChI=1S/C21H21N5/c22-20-24-19(17-13-9-5-1-2-6-10-14-17)25-21(26-20)23-18-15-11-7-3-4-8-12-16-18/h1-18H,(H3,22,23,24,25,26). The fraction of sp³-hybridized carbons (Fsp3) is 0.0952. The number of rotatable bonds is 3. The molecular weight excluding hydrogens is 322 g/mol. The van der Waals surface area contributed by atoms with Crippen molar-refractivity contribution in [3.63, 3.8) is 0 Å². The third-order valence-electron chi connectivity index (χ3n) is 3.65. The van der Waals surface area contributed by atoms with Gasteiger partial charge in [0.1, 0.15) is 5.82 Å². The van der Waals surface area contributed by atoms with Crippen LogP contribution in [0.5, 0.6) is 0 Å².